The third-order valence-corrected chi connectivity index (χ3v) is 8.12. The van der Waals surface area contributed by atoms with Crippen molar-refractivity contribution in [2.45, 2.75) is 43.5 Å². The molecule has 4 aromatic rings. The number of imidazole rings is 1. The number of sulfonamides is 1. The molecule has 5 rings (SSSR count). The smallest absolute Gasteiger partial charge is 0.245 e. The number of fused-ring (bicyclic) bond motifs is 2. The predicted molar refractivity (Wildman–Crippen MR) is 116 cm³/mol. The first kappa shape index (κ1) is 19.5. The van der Waals surface area contributed by atoms with E-state index in [2.05, 4.69) is 32.1 Å². The number of hydrogen-bond donors (Lipinski definition) is 0. The second kappa shape index (κ2) is 7.36. The van der Waals surface area contributed by atoms with E-state index in [1.807, 2.05) is 12.1 Å². The zero-order valence-corrected chi connectivity index (χ0v) is 18.4. The number of piperidine rings is 1. The van der Waals surface area contributed by atoms with Crippen molar-refractivity contribution in [1.82, 2.24) is 27.6 Å². The van der Waals surface area contributed by atoms with Gasteiger partial charge in [0.25, 0.3) is 0 Å². The topological polar surface area (TPSA) is 93.9 Å². The Hall–Kier alpha value is -2.43. The summed E-state index contributed by atoms with van der Waals surface area (Å²) in [4.78, 5) is 9.58. The Morgan fingerprint density at radius 1 is 1.07 bits per heavy atom. The van der Waals surface area contributed by atoms with Crippen LogP contribution in [0.2, 0.25) is 0 Å². The van der Waals surface area contributed by atoms with Crippen molar-refractivity contribution < 1.29 is 8.42 Å². The fraction of sp³-hybridized carbons (Fsp3) is 0.400. The summed E-state index contributed by atoms with van der Waals surface area (Å²) in [6.45, 7) is 5.15. The fourth-order valence-electron chi connectivity index (χ4n) is 4.18. The van der Waals surface area contributed by atoms with Crippen molar-refractivity contribution in [3.8, 4) is 0 Å². The molecule has 1 aliphatic rings. The van der Waals surface area contributed by atoms with E-state index in [4.69, 9.17) is 4.98 Å². The molecule has 0 bridgehead atoms. The van der Waals surface area contributed by atoms with E-state index in [1.54, 1.807) is 28.7 Å². The maximum absolute atomic E-state index is 13.3. The second-order valence-electron chi connectivity index (χ2n) is 7.86. The lowest BCUT2D eigenvalue weighted by atomic mass is 10.1. The number of nitrogens with zero attached hydrogens (tertiary/aromatic N) is 6. The lowest BCUT2D eigenvalue weighted by Gasteiger charge is -2.33. The van der Waals surface area contributed by atoms with Crippen LogP contribution in [0.15, 0.2) is 41.4 Å². The first-order valence-corrected chi connectivity index (χ1v) is 12.2. The van der Waals surface area contributed by atoms with Crippen LogP contribution in [-0.4, -0.2) is 49.1 Å². The van der Waals surface area contributed by atoms with Crippen LogP contribution in [0.25, 0.3) is 22.2 Å². The normalized spacial score (nSPS) is 16.8. The third-order valence-electron chi connectivity index (χ3n) is 5.65. The van der Waals surface area contributed by atoms with Gasteiger partial charge in [0.2, 0.25) is 10.0 Å². The molecule has 0 N–H and O–H groups in total. The Balaban J connectivity index is 1.44. The first-order chi connectivity index (χ1) is 14.5. The van der Waals surface area contributed by atoms with Crippen LogP contribution in [0.3, 0.4) is 0 Å². The number of rotatable bonds is 4. The monoisotopic (exact) mass is 442 g/mol. The average Bonchev–Trinajstić information content (AvgIpc) is 3.38. The quantitative estimate of drug-likeness (QED) is 0.479. The minimum atomic E-state index is -3.62. The van der Waals surface area contributed by atoms with Crippen molar-refractivity contribution in [3.63, 3.8) is 0 Å². The minimum Gasteiger partial charge on any atom is -0.309 e. The first-order valence-electron chi connectivity index (χ1n) is 10.0. The van der Waals surface area contributed by atoms with Crippen LogP contribution >= 0.6 is 11.7 Å². The van der Waals surface area contributed by atoms with Crippen molar-refractivity contribution in [2.24, 2.45) is 0 Å². The molecule has 3 aromatic heterocycles. The lowest BCUT2D eigenvalue weighted by Crippen LogP contribution is -2.39. The van der Waals surface area contributed by atoms with Crippen LogP contribution < -0.4 is 0 Å². The van der Waals surface area contributed by atoms with Gasteiger partial charge < -0.3 is 4.57 Å². The summed E-state index contributed by atoms with van der Waals surface area (Å²) in [5.41, 5.74) is 2.84. The highest BCUT2D eigenvalue weighted by molar-refractivity contribution is 7.89. The van der Waals surface area contributed by atoms with Gasteiger partial charge in [0.1, 0.15) is 27.3 Å². The Bertz CT molecular complexity index is 1320. The van der Waals surface area contributed by atoms with Gasteiger partial charge in [-0.05, 0) is 37.1 Å². The number of benzene rings is 1. The molecule has 0 aliphatic carbocycles. The molecule has 0 spiro atoms. The van der Waals surface area contributed by atoms with Crippen LogP contribution in [-0.2, 0) is 10.0 Å². The van der Waals surface area contributed by atoms with E-state index in [1.165, 1.54) is 0 Å². The number of hydrogen-bond acceptors (Lipinski definition) is 7. The third kappa shape index (κ3) is 3.10. The Morgan fingerprint density at radius 3 is 2.60 bits per heavy atom. The molecular weight excluding hydrogens is 420 g/mol. The molecule has 156 valence electrons. The van der Waals surface area contributed by atoms with Gasteiger partial charge >= 0.3 is 0 Å². The van der Waals surface area contributed by atoms with Crippen molar-refractivity contribution >= 4 is 43.9 Å². The largest absolute Gasteiger partial charge is 0.309 e. The van der Waals surface area contributed by atoms with Gasteiger partial charge in [-0.3, -0.25) is 0 Å². The Labute approximate surface area is 179 Å². The average molecular weight is 443 g/mol. The highest BCUT2D eigenvalue weighted by Crippen LogP contribution is 2.33. The van der Waals surface area contributed by atoms with E-state index in [9.17, 15) is 8.42 Å². The summed E-state index contributed by atoms with van der Waals surface area (Å²) in [7, 11) is -3.62. The van der Waals surface area contributed by atoms with E-state index >= 15 is 0 Å². The van der Waals surface area contributed by atoms with Crippen LogP contribution in [0.5, 0.6) is 0 Å². The molecule has 1 aliphatic heterocycles. The molecule has 8 nitrogen and oxygen atoms in total. The molecule has 10 heteroatoms. The molecule has 0 unspecified atom stereocenters. The number of pyridine rings is 1. The Morgan fingerprint density at radius 2 is 1.83 bits per heavy atom. The molecule has 0 amide bonds. The van der Waals surface area contributed by atoms with Crippen LogP contribution in [0, 0.1) is 0 Å². The zero-order valence-electron chi connectivity index (χ0n) is 16.8. The van der Waals surface area contributed by atoms with Gasteiger partial charge in [0.05, 0.1) is 11.7 Å². The standard InChI is InChI=1S/C20H22N6O2S2/c1-13(2)19-22-16-6-4-10-21-20(16)26(19)14-8-11-25(12-9-14)30(27,28)17-7-3-5-15-18(17)24-29-23-15/h3-7,10,13-14H,8-9,11-12H2,1-2H3. The van der Waals surface area contributed by atoms with Crippen molar-refractivity contribution in [1.29, 1.82) is 0 Å². The summed E-state index contributed by atoms with van der Waals surface area (Å²) in [5.74, 6) is 1.26. The molecule has 4 heterocycles. The van der Waals surface area contributed by atoms with Gasteiger partial charge in [-0.25, -0.2) is 18.4 Å². The van der Waals surface area contributed by atoms with E-state index in [0.717, 1.165) is 28.7 Å². The summed E-state index contributed by atoms with van der Waals surface area (Å²) in [6.07, 6.45) is 3.21. The van der Waals surface area contributed by atoms with Gasteiger partial charge in [0, 0.05) is 31.2 Å². The lowest BCUT2D eigenvalue weighted by molar-refractivity contribution is 0.272. The van der Waals surface area contributed by atoms with Gasteiger partial charge in [-0.2, -0.15) is 13.1 Å². The maximum Gasteiger partial charge on any atom is 0.245 e. The van der Waals surface area contributed by atoms with Crippen LogP contribution in [0.4, 0.5) is 0 Å². The fourth-order valence-corrected chi connectivity index (χ4v) is 6.41. The molecule has 0 saturated carbocycles. The summed E-state index contributed by atoms with van der Waals surface area (Å²) in [6, 6.07) is 9.18. The van der Waals surface area contributed by atoms with Gasteiger partial charge in [-0.1, -0.05) is 19.9 Å². The maximum atomic E-state index is 13.3. The summed E-state index contributed by atoms with van der Waals surface area (Å²) >= 11 is 1.03. The predicted octanol–water partition coefficient (Wildman–Crippen LogP) is 3.59. The van der Waals surface area contributed by atoms with Gasteiger partial charge in [-0.15, -0.1) is 0 Å². The molecule has 1 saturated heterocycles. The van der Waals surface area contributed by atoms with E-state index in [-0.39, 0.29) is 16.9 Å². The highest BCUT2D eigenvalue weighted by atomic mass is 32.2. The summed E-state index contributed by atoms with van der Waals surface area (Å²) in [5, 5.41) is 0. The van der Waals surface area contributed by atoms with Crippen molar-refractivity contribution in [3.05, 3.63) is 42.4 Å². The Kier molecular flexibility index (Phi) is 4.79. The second-order valence-corrected chi connectivity index (χ2v) is 10.3. The van der Waals surface area contributed by atoms with Crippen molar-refractivity contribution in [2.75, 3.05) is 13.1 Å². The molecular formula is C20H22N6O2S2. The SMILES string of the molecule is CC(C)c1nc2cccnc2n1C1CCN(S(=O)(=O)c2cccc3nsnc23)CC1. The van der Waals surface area contributed by atoms with Gasteiger partial charge in [0.15, 0.2) is 5.65 Å². The molecule has 1 aromatic carbocycles. The molecule has 0 atom stereocenters. The van der Waals surface area contributed by atoms with Crippen LogP contribution in [0.1, 0.15) is 44.5 Å². The summed E-state index contributed by atoms with van der Waals surface area (Å²) < 4.78 is 38.8. The molecule has 1 fully saturated rings. The minimum absolute atomic E-state index is 0.172. The molecule has 30 heavy (non-hydrogen) atoms. The van der Waals surface area contributed by atoms with E-state index < -0.39 is 10.0 Å². The molecule has 0 radical (unpaired) electrons. The highest BCUT2D eigenvalue weighted by Gasteiger charge is 2.33. The van der Waals surface area contributed by atoms with E-state index in [0.29, 0.717) is 37.0 Å². The zero-order chi connectivity index (χ0) is 20.9. The number of aromatic nitrogens is 5.